The highest BCUT2D eigenvalue weighted by molar-refractivity contribution is 6.76. The third-order valence-corrected chi connectivity index (χ3v) is 4.52. The first-order valence-electron chi connectivity index (χ1n) is 6.30. The molecule has 0 fully saturated rings. The lowest BCUT2D eigenvalue weighted by Gasteiger charge is -2.30. The fourth-order valence-corrected chi connectivity index (χ4v) is 2.42. The van der Waals surface area contributed by atoms with E-state index in [0.717, 1.165) is 12.7 Å². The number of hydrogen-bond donors (Lipinski definition) is 0. The Balaban J connectivity index is 2.50. The molecule has 1 aliphatic heterocycles. The largest absolute Gasteiger partial charge is 0.456 e. The monoisotopic (exact) mass is 256 g/mol. The average molecular weight is 256 g/mol. The zero-order chi connectivity index (χ0) is 13.1. The van der Waals surface area contributed by atoms with Gasteiger partial charge in [0, 0.05) is 20.8 Å². The molecule has 1 aliphatic rings. The molecule has 0 bridgehead atoms. The normalized spacial score (nSPS) is 25.2. The van der Waals surface area contributed by atoms with Crippen LogP contribution in [0.3, 0.4) is 0 Å². The number of hydrogen-bond acceptors (Lipinski definition) is 3. The fourth-order valence-electron chi connectivity index (χ4n) is 1.69. The molecule has 2 atom stereocenters. The van der Waals surface area contributed by atoms with Crippen LogP contribution in [0.15, 0.2) is 12.2 Å². The SMILES string of the molecule is CC(C)[C@@H]1OC(=O)C=C[C@@H]1OCC[Si](C)(C)C. The van der Waals surface area contributed by atoms with E-state index in [9.17, 15) is 4.79 Å². The molecule has 1 rings (SSSR count). The van der Waals surface area contributed by atoms with Crippen LogP contribution in [0.5, 0.6) is 0 Å². The molecule has 0 spiro atoms. The minimum absolute atomic E-state index is 0.0796. The van der Waals surface area contributed by atoms with Crippen molar-refractivity contribution < 1.29 is 14.3 Å². The van der Waals surface area contributed by atoms with E-state index < -0.39 is 8.07 Å². The second-order valence-corrected chi connectivity index (χ2v) is 11.8. The van der Waals surface area contributed by atoms with E-state index in [4.69, 9.17) is 9.47 Å². The number of carbonyl (C=O) groups excluding carboxylic acids is 1. The van der Waals surface area contributed by atoms with Gasteiger partial charge in [-0.25, -0.2) is 4.79 Å². The average Bonchev–Trinajstić information content (AvgIpc) is 2.18. The van der Waals surface area contributed by atoms with Crippen LogP contribution in [0.4, 0.5) is 0 Å². The molecule has 0 N–H and O–H groups in total. The van der Waals surface area contributed by atoms with E-state index in [1.807, 2.05) is 19.9 Å². The molecule has 0 saturated heterocycles. The Morgan fingerprint density at radius 1 is 1.41 bits per heavy atom. The molecular formula is C13H24O3Si. The van der Waals surface area contributed by atoms with Gasteiger partial charge >= 0.3 is 5.97 Å². The lowest BCUT2D eigenvalue weighted by molar-refractivity contribution is -0.155. The van der Waals surface area contributed by atoms with Gasteiger partial charge in [-0.3, -0.25) is 0 Å². The summed E-state index contributed by atoms with van der Waals surface area (Å²) in [6.45, 7) is 11.8. The summed E-state index contributed by atoms with van der Waals surface area (Å²) in [7, 11) is -1.06. The first-order chi connectivity index (χ1) is 7.79. The zero-order valence-electron chi connectivity index (χ0n) is 11.5. The molecule has 17 heavy (non-hydrogen) atoms. The summed E-state index contributed by atoms with van der Waals surface area (Å²) < 4.78 is 11.2. The number of esters is 1. The Morgan fingerprint density at radius 3 is 2.59 bits per heavy atom. The Labute approximate surface area is 105 Å². The Hall–Kier alpha value is -0.613. The number of cyclic esters (lactones) is 1. The van der Waals surface area contributed by atoms with Gasteiger partial charge in [0.25, 0.3) is 0 Å². The van der Waals surface area contributed by atoms with Gasteiger partial charge in [0.15, 0.2) is 0 Å². The highest BCUT2D eigenvalue weighted by atomic mass is 28.3. The predicted molar refractivity (Wildman–Crippen MR) is 71.8 cm³/mol. The number of carbonyl (C=O) groups is 1. The summed E-state index contributed by atoms with van der Waals surface area (Å²) in [5.41, 5.74) is 0. The summed E-state index contributed by atoms with van der Waals surface area (Å²) in [5.74, 6) is 0.0227. The van der Waals surface area contributed by atoms with Crippen LogP contribution in [0, 0.1) is 5.92 Å². The number of ether oxygens (including phenoxy) is 2. The Morgan fingerprint density at radius 2 is 2.06 bits per heavy atom. The van der Waals surface area contributed by atoms with Gasteiger partial charge in [-0.15, -0.1) is 0 Å². The van der Waals surface area contributed by atoms with Gasteiger partial charge in [0.2, 0.25) is 0 Å². The highest BCUT2D eigenvalue weighted by Gasteiger charge is 2.30. The minimum Gasteiger partial charge on any atom is -0.456 e. The molecule has 0 saturated carbocycles. The summed E-state index contributed by atoms with van der Waals surface area (Å²) in [4.78, 5) is 11.2. The fraction of sp³-hybridized carbons (Fsp3) is 0.769. The summed E-state index contributed by atoms with van der Waals surface area (Å²) in [6, 6.07) is 1.14. The van der Waals surface area contributed by atoms with Crippen LogP contribution in [-0.4, -0.2) is 32.9 Å². The second kappa shape index (κ2) is 5.82. The van der Waals surface area contributed by atoms with E-state index in [1.165, 1.54) is 6.08 Å². The Kier molecular flexibility index (Phi) is 4.95. The van der Waals surface area contributed by atoms with Crippen molar-refractivity contribution >= 4 is 14.0 Å². The van der Waals surface area contributed by atoms with Crippen molar-refractivity contribution in [3.8, 4) is 0 Å². The summed E-state index contributed by atoms with van der Waals surface area (Å²) in [6.07, 6.45) is 3.08. The van der Waals surface area contributed by atoms with Gasteiger partial charge in [-0.05, 0) is 18.0 Å². The molecule has 4 heteroatoms. The maximum atomic E-state index is 11.2. The van der Waals surface area contributed by atoms with Gasteiger partial charge in [-0.1, -0.05) is 33.5 Å². The van der Waals surface area contributed by atoms with E-state index in [-0.39, 0.29) is 24.1 Å². The second-order valence-electron chi connectivity index (χ2n) is 6.15. The molecular weight excluding hydrogens is 232 g/mol. The third kappa shape index (κ3) is 5.04. The highest BCUT2D eigenvalue weighted by Crippen LogP contribution is 2.20. The third-order valence-electron chi connectivity index (χ3n) is 2.82. The van der Waals surface area contributed by atoms with Crippen LogP contribution in [-0.2, 0) is 14.3 Å². The topological polar surface area (TPSA) is 35.5 Å². The van der Waals surface area contributed by atoms with Crippen molar-refractivity contribution in [1.82, 2.24) is 0 Å². The molecule has 0 aromatic heterocycles. The summed E-state index contributed by atoms with van der Waals surface area (Å²) in [5, 5.41) is 0. The molecule has 0 amide bonds. The molecule has 3 nitrogen and oxygen atoms in total. The molecule has 0 aliphatic carbocycles. The number of rotatable bonds is 5. The Bertz CT molecular complexity index is 292. The summed E-state index contributed by atoms with van der Waals surface area (Å²) >= 11 is 0. The van der Waals surface area contributed by atoms with E-state index >= 15 is 0 Å². The van der Waals surface area contributed by atoms with Crippen molar-refractivity contribution in [2.45, 2.75) is 51.7 Å². The molecule has 0 aromatic carbocycles. The first kappa shape index (κ1) is 14.4. The maximum absolute atomic E-state index is 11.2. The van der Waals surface area contributed by atoms with Crippen molar-refractivity contribution in [3.05, 3.63) is 12.2 Å². The van der Waals surface area contributed by atoms with Crippen LogP contribution in [0.2, 0.25) is 25.7 Å². The molecule has 0 radical (unpaired) electrons. The quantitative estimate of drug-likeness (QED) is 0.560. The van der Waals surface area contributed by atoms with E-state index in [2.05, 4.69) is 19.6 Å². The van der Waals surface area contributed by atoms with Crippen molar-refractivity contribution in [3.63, 3.8) is 0 Å². The van der Waals surface area contributed by atoms with Crippen molar-refractivity contribution in [2.24, 2.45) is 5.92 Å². The van der Waals surface area contributed by atoms with E-state index in [1.54, 1.807) is 0 Å². The molecule has 1 heterocycles. The standard InChI is InChI=1S/C13H24O3Si/c1-10(2)13-11(6-7-12(14)16-13)15-8-9-17(3,4)5/h6-7,10-11,13H,8-9H2,1-5H3/t11-,13-/m0/s1. The zero-order valence-corrected chi connectivity index (χ0v) is 12.5. The maximum Gasteiger partial charge on any atom is 0.330 e. The lowest BCUT2D eigenvalue weighted by atomic mass is 9.99. The van der Waals surface area contributed by atoms with Crippen molar-refractivity contribution in [1.29, 1.82) is 0 Å². The van der Waals surface area contributed by atoms with Crippen LogP contribution < -0.4 is 0 Å². The predicted octanol–water partition coefficient (Wildman–Crippen LogP) is 2.85. The molecule has 0 aromatic rings. The van der Waals surface area contributed by atoms with Gasteiger partial charge in [-0.2, -0.15) is 0 Å². The van der Waals surface area contributed by atoms with Gasteiger partial charge < -0.3 is 9.47 Å². The van der Waals surface area contributed by atoms with Crippen LogP contribution in [0.25, 0.3) is 0 Å². The minimum atomic E-state index is -1.06. The smallest absolute Gasteiger partial charge is 0.330 e. The first-order valence-corrected chi connectivity index (χ1v) is 10.0. The van der Waals surface area contributed by atoms with Gasteiger partial charge in [0.05, 0.1) is 0 Å². The van der Waals surface area contributed by atoms with Crippen LogP contribution >= 0.6 is 0 Å². The lowest BCUT2D eigenvalue weighted by Crippen LogP contribution is -2.39. The molecule has 0 unspecified atom stereocenters. The van der Waals surface area contributed by atoms with Crippen LogP contribution in [0.1, 0.15) is 13.8 Å². The van der Waals surface area contributed by atoms with E-state index in [0.29, 0.717) is 0 Å². The van der Waals surface area contributed by atoms with Gasteiger partial charge in [0.1, 0.15) is 12.2 Å². The molecule has 98 valence electrons. The van der Waals surface area contributed by atoms with Crippen molar-refractivity contribution in [2.75, 3.05) is 6.61 Å².